The van der Waals surface area contributed by atoms with E-state index in [2.05, 4.69) is 0 Å². The lowest BCUT2D eigenvalue weighted by Gasteiger charge is -2.01. The Morgan fingerprint density at radius 1 is 1.12 bits per heavy atom. The van der Waals surface area contributed by atoms with E-state index in [1.165, 1.54) is 0 Å². The smallest absolute Gasteiger partial charge is 0.227 e. The van der Waals surface area contributed by atoms with Gasteiger partial charge in [0, 0.05) is 24.2 Å². The summed E-state index contributed by atoms with van der Waals surface area (Å²) in [5, 5.41) is 0. The zero-order valence-corrected chi connectivity index (χ0v) is 9.54. The molecule has 3 heteroatoms. The largest absolute Gasteiger partial charge is 0.326 e. The molecule has 2 aromatic rings. The van der Waals surface area contributed by atoms with E-state index in [1.54, 1.807) is 0 Å². The zero-order valence-electron chi connectivity index (χ0n) is 9.54. The molecule has 0 atom stereocenters. The number of benzene rings is 1. The van der Waals surface area contributed by atoms with Crippen LogP contribution in [0.15, 0.2) is 54.9 Å². The van der Waals surface area contributed by atoms with Gasteiger partial charge in [-0.05, 0) is 11.6 Å². The number of Topliss-reactive ketones (excluding diaryl/α,β-unsaturated/α-hetero) is 1. The molecule has 2 N–H and O–H groups in total. The molecule has 0 bridgehead atoms. The summed E-state index contributed by atoms with van der Waals surface area (Å²) >= 11 is 0. The highest BCUT2D eigenvalue weighted by Crippen LogP contribution is 2.05. The number of nitrogens with two attached hydrogens (primary N) is 1. The van der Waals surface area contributed by atoms with Crippen LogP contribution in [0, 0.1) is 0 Å². The summed E-state index contributed by atoms with van der Waals surface area (Å²) in [4.78, 5) is 12.0. The van der Waals surface area contributed by atoms with Crippen LogP contribution in [0.2, 0.25) is 0 Å². The Hall–Kier alpha value is -2.00. The Morgan fingerprint density at radius 2 is 1.88 bits per heavy atom. The monoisotopic (exact) mass is 227 g/mol. The van der Waals surface area contributed by atoms with Gasteiger partial charge in [0.05, 0.1) is 0 Å². The van der Waals surface area contributed by atoms with Crippen LogP contribution in [0.5, 0.6) is 0 Å². The maximum absolute atomic E-state index is 12.0. The Morgan fingerprint density at radius 3 is 2.59 bits per heavy atom. The lowest BCUT2D eigenvalue weighted by molar-refractivity contribution is -0.683. The highest BCUT2D eigenvalue weighted by molar-refractivity contribution is 5.95. The summed E-state index contributed by atoms with van der Waals surface area (Å²) in [6.07, 6.45) is 3.76. The van der Waals surface area contributed by atoms with Gasteiger partial charge in [-0.3, -0.25) is 4.79 Å². The minimum absolute atomic E-state index is 0.0940. The van der Waals surface area contributed by atoms with E-state index in [1.807, 2.05) is 59.4 Å². The fraction of sp³-hybridized carbons (Fsp3) is 0.143. The first-order valence-electron chi connectivity index (χ1n) is 5.56. The van der Waals surface area contributed by atoms with Crippen molar-refractivity contribution in [1.29, 1.82) is 0 Å². The summed E-state index contributed by atoms with van der Waals surface area (Å²) in [5.74, 6) is 0.0940. The fourth-order valence-corrected chi connectivity index (χ4v) is 1.67. The van der Waals surface area contributed by atoms with Gasteiger partial charge < -0.3 is 5.73 Å². The molecule has 17 heavy (non-hydrogen) atoms. The third-order valence-electron chi connectivity index (χ3n) is 2.59. The number of carbonyl (C=O) groups excluding carboxylic acids is 1. The second-order valence-corrected chi connectivity index (χ2v) is 3.88. The van der Waals surface area contributed by atoms with Crippen molar-refractivity contribution in [3.05, 3.63) is 66.0 Å². The van der Waals surface area contributed by atoms with Crippen LogP contribution < -0.4 is 10.3 Å². The summed E-state index contributed by atoms with van der Waals surface area (Å²) in [5.41, 5.74) is 7.25. The van der Waals surface area contributed by atoms with Crippen molar-refractivity contribution < 1.29 is 9.36 Å². The quantitative estimate of drug-likeness (QED) is 0.632. The molecule has 2 rings (SSSR count). The van der Waals surface area contributed by atoms with Crippen LogP contribution in [0.1, 0.15) is 15.9 Å². The normalized spacial score (nSPS) is 10.2. The molecule has 0 amide bonds. The van der Waals surface area contributed by atoms with Crippen molar-refractivity contribution in [1.82, 2.24) is 0 Å². The lowest BCUT2D eigenvalue weighted by Crippen LogP contribution is -2.36. The number of carbonyl (C=O) groups is 1. The van der Waals surface area contributed by atoms with Crippen LogP contribution in [-0.2, 0) is 13.1 Å². The third-order valence-corrected chi connectivity index (χ3v) is 2.59. The third kappa shape index (κ3) is 2.98. The molecule has 0 saturated carbocycles. The maximum atomic E-state index is 12.0. The minimum atomic E-state index is 0.0940. The van der Waals surface area contributed by atoms with E-state index in [0.717, 1.165) is 5.56 Å². The molecule has 3 nitrogen and oxygen atoms in total. The van der Waals surface area contributed by atoms with Gasteiger partial charge in [0.25, 0.3) is 0 Å². The van der Waals surface area contributed by atoms with Gasteiger partial charge in [-0.15, -0.1) is 0 Å². The van der Waals surface area contributed by atoms with Crippen LogP contribution in [-0.4, -0.2) is 5.78 Å². The molecule has 0 aliphatic heterocycles. The molecule has 0 radical (unpaired) electrons. The van der Waals surface area contributed by atoms with E-state index in [9.17, 15) is 4.79 Å². The highest BCUT2D eigenvalue weighted by atomic mass is 16.1. The fourth-order valence-electron chi connectivity index (χ4n) is 1.67. The summed E-state index contributed by atoms with van der Waals surface area (Å²) < 4.78 is 1.86. The maximum Gasteiger partial charge on any atom is 0.227 e. The molecule has 1 aromatic heterocycles. The van der Waals surface area contributed by atoms with Crippen LogP contribution in [0.3, 0.4) is 0 Å². The van der Waals surface area contributed by atoms with Gasteiger partial charge in [0.1, 0.15) is 0 Å². The van der Waals surface area contributed by atoms with E-state index in [-0.39, 0.29) is 5.78 Å². The molecular formula is C14H15N2O+. The zero-order chi connectivity index (χ0) is 12.1. The molecule has 0 unspecified atom stereocenters. The van der Waals surface area contributed by atoms with Gasteiger partial charge in [-0.1, -0.05) is 24.3 Å². The topological polar surface area (TPSA) is 47.0 Å². The Balaban J connectivity index is 2.14. The van der Waals surface area contributed by atoms with Crippen LogP contribution >= 0.6 is 0 Å². The first-order valence-corrected chi connectivity index (χ1v) is 5.56. The number of ketones is 1. The number of hydrogen-bond acceptors (Lipinski definition) is 2. The lowest BCUT2D eigenvalue weighted by atomic mass is 10.1. The first-order chi connectivity index (χ1) is 8.29. The number of pyridine rings is 1. The number of aromatic nitrogens is 1. The number of nitrogens with zero attached hydrogens (tertiary/aromatic N) is 1. The predicted molar refractivity (Wildman–Crippen MR) is 65.3 cm³/mol. The van der Waals surface area contributed by atoms with Crippen LogP contribution in [0.4, 0.5) is 0 Å². The predicted octanol–water partition coefficient (Wildman–Crippen LogP) is 1.32. The molecule has 0 aliphatic carbocycles. The average Bonchev–Trinajstić information content (AvgIpc) is 2.40. The minimum Gasteiger partial charge on any atom is -0.326 e. The standard InChI is InChI=1S/C14H15N2O/c15-10-12-5-4-6-13(9-12)14(17)11-16-7-2-1-3-8-16/h1-9H,10-11,15H2/q+1. The molecule has 86 valence electrons. The van der Waals surface area contributed by atoms with E-state index < -0.39 is 0 Å². The van der Waals surface area contributed by atoms with Gasteiger partial charge in [-0.2, -0.15) is 4.57 Å². The molecule has 1 heterocycles. The second kappa shape index (κ2) is 5.37. The Bertz CT molecular complexity index is 509. The van der Waals surface area contributed by atoms with E-state index >= 15 is 0 Å². The van der Waals surface area contributed by atoms with Gasteiger partial charge in [0.15, 0.2) is 12.4 Å². The molecular weight excluding hydrogens is 212 g/mol. The Kier molecular flexibility index (Phi) is 3.62. The second-order valence-electron chi connectivity index (χ2n) is 3.88. The van der Waals surface area contributed by atoms with Crippen molar-refractivity contribution in [2.75, 3.05) is 0 Å². The van der Waals surface area contributed by atoms with Gasteiger partial charge >= 0.3 is 0 Å². The molecule has 0 saturated heterocycles. The molecule has 0 fully saturated rings. The average molecular weight is 227 g/mol. The van der Waals surface area contributed by atoms with Crippen molar-refractivity contribution in [3.8, 4) is 0 Å². The Labute approximate surface area is 101 Å². The van der Waals surface area contributed by atoms with Crippen molar-refractivity contribution in [2.24, 2.45) is 5.73 Å². The van der Waals surface area contributed by atoms with Gasteiger partial charge in [-0.25, -0.2) is 0 Å². The van der Waals surface area contributed by atoms with E-state index in [0.29, 0.717) is 18.7 Å². The SMILES string of the molecule is NCc1cccc(C(=O)C[n+]2ccccc2)c1. The van der Waals surface area contributed by atoms with Crippen LogP contribution in [0.25, 0.3) is 0 Å². The van der Waals surface area contributed by atoms with Crippen molar-refractivity contribution in [3.63, 3.8) is 0 Å². The number of rotatable bonds is 4. The molecule has 0 aliphatic rings. The molecule has 0 spiro atoms. The summed E-state index contributed by atoms with van der Waals surface area (Å²) in [6, 6.07) is 13.2. The summed E-state index contributed by atoms with van der Waals surface area (Å²) in [6.45, 7) is 0.814. The van der Waals surface area contributed by atoms with Crippen molar-refractivity contribution in [2.45, 2.75) is 13.1 Å². The van der Waals surface area contributed by atoms with E-state index in [4.69, 9.17) is 5.73 Å². The van der Waals surface area contributed by atoms with Crippen molar-refractivity contribution >= 4 is 5.78 Å². The number of hydrogen-bond donors (Lipinski definition) is 1. The highest BCUT2D eigenvalue weighted by Gasteiger charge is 2.11. The summed E-state index contributed by atoms with van der Waals surface area (Å²) in [7, 11) is 0. The first kappa shape index (κ1) is 11.5. The molecule has 1 aromatic carbocycles. The van der Waals surface area contributed by atoms with Gasteiger partial charge in [0.2, 0.25) is 12.3 Å².